The summed E-state index contributed by atoms with van der Waals surface area (Å²) in [5.41, 5.74) is 1.22. The van der Waals surface area contributed by atoms with E-state index in [0.29, 0.717) is 16.1 Å². The topological polar surface area (TPSA) is 15.3 Å². The summed E-state index contributed by atoms with van der Waals surface area (Å²) in [4.78, 5) is 2.38. The van der Waals surface area contributed by atoms with Gasteiger partial charge in [-0.3, -0.25) is 4.90 Å². The highest BCUT2D eigenvalue weighted by molar-refractivity contribution is 6.42. The van der Waals surface area contributed by atoms with Gasteiger partial charge in [-0.25, -0.2) is 0 Å². The monoisotopic (exact) mass is 272 g/mol. The van der Waals surface area contributed by atoms with Crippen molar-refractivity contribution in [3.63, 3.8) is 0 Å². The van der Waals surface area contributed by atoms with Crippen molar-refractivity contribution in [2.75, 3.05) is 20.1 Å². The molecule has 0 aromatic heterocycles. The summed E-state index contributed by atoms with van der Waals surface area (Å²) < 4.78 is 0. The molecule has 4 heteroatoms. The van der Waals surface area contributed by atoms with Crippen LogP contribution < -0.4 is 5.32 Å². The molecule has 0 amide bonds. The molecule has 17 heavy (non-hydrogen) atoms. The summed E-state index contributed by atoms with van der Waals surface area (Å²) in [6.45, 7) is 3.15. The van der Waals surface area contributed by atoms with Crippen LogP contribution in [0.5, 0.6) is 0 Å². The highest BCUT2D eigenvalue weighted by atomic mass is 35.5. The summed E-state index contributed by atoms with van der Waals surface area (Å²) in [6, 6.07) is 6.49. The van der Waals surface area contributed by atoms with Crippen LogP contribution in [0, 0.1) is 0 Å². The summed E-state index contributed by atoms with van der Waals surface area (Å²) >= 11 is 11.9. The molecule has 1 aliphatic rings. The van der Waals surface area contributed by atoms with Gasteiger partial charge in [-0.05, 0) is 44.1 Å². The largest absolute Gasteiger partial charge is 0.315 e. The van der Waals surface area contributed by atoms with E-state index in [9.17, 15) is 0 Å². The van der Waals surface area contributed by atoms with Crippen molar-refractivity contribution in [1.29, 1.82) is 0 Å². The first-order valence-corrected chi connectivity index (χ1v) is 6.77. The van der Waals surface area contributed by atoms with E-state index in [-0.39, 0.29) is 0 Å². The summed E-state index contributed by atoms with van der Waals surface area (Å²) in [6.07, 6.45) is 2.53. The molecule has 1 saturated heterocycles. The average molecular weight is 273 g/mol. The zero-order valence-electron chi connectivity index (χ0n) is 10.0. The Morgan fingerprint density at radius 3 is 2.82 bits per heavy atom. The van der Waals surface area contributed by atoms with E-state index in [1.807, 2.05) is 18.2 Å². The fourth-order valence-electron chi connectivity index (χ4n) is 2.26. The van der Waals surface area contributed by atoms with Crippen molar-refractivity contribution in [1.82, 2.24) is 10.2 Å². The zero-order chi connectivity index (χ0) is 12.3. The number of piperidine rings is 1. The predicted molar refractivity (Wildman–Crippen MR) is 73.8 cm³/mol. The highest BCUT2D eigenvalue weighted by Gasteiger charge is 2.17. The number of hydrogen-bond acceptors (Lipinski definition) is 2. The van der Waals surface area contributed by atoms with Gasteiger partial charge in [0.2, 0.25) is 0 Å². The van der Waals surface area contributed by atoms with E-state index < -0.39 is 0 Å². The first-order valence-electron chi connectivity index (χ1n) is 6.01. The molecule has 1 aliphatic heterocycles. The van der Waals surface area contributed by atoms with Crippen molar-refractivity contribution in [2.24, 2.45) is 0 Å². The quantitative estimate of drug-likeness (QED) is 0.910. The van der Waals surface area contributed by atoms with Gasteiger partial charge in [-0.15, -0.1) is 0 Å². The van der Waals surface area contributed by atoms with Gasteiger partial charge in [0.05, 0.1) is 10.0 Å². The van der Waals surface area contributed by atoms with Crippen molar-refractivity contribution in [3.05, 3.63) is 33.8 Å². The molecule has 1 aromatic carbocycles. The SMILES string of the molecule is CN(Cc1ccc(Cl)c(Cl)c1)C1CCCNC1. The van der Waals surface area contributed by atoms with Crippen LogP contribution in [0.4, 0.5) is 0 Å². The van der Waals surface area contributed by atoms with Gasteiger partial charge in [0.25, 0.3) is 0 Å². The van der Waals surface area contributed by atoms with Crippen LogP contribution in [0.2, 0.25) is 10.0 Å². The normalized spacial score (nSPS) is 20.8. The third-order valence-electron chi connectivity index (χ3n) is 3.31. The molecular formula is C13H18Cl2N2. The van der Waals surface area contributed by atoms with E-state index in [1.54, 1.807) is 0 Å². The standard InChI is InChI=1S/C13H18Cl2N2/c1-17(11-3-2-6-16-8-11)9-10-4-5-12(14)13(15)7-10/h4-5,7,11,16H,2-3,6,8-9H2,1H3. The Hall–Kier alpha value is -0.280. The summed E-state index contributed by atoms with van der Waals surface area (Å²) in [5.74, 6) is 0. The number of nitrogens with zero attached hydrogens (tertiary/aromatic N) is 1. The van der Waals surface area contributed by atoms with E-state index >= 15 is 0 Å². The number of rotatable bonds is 3. The Morgan fingerprint density at radius 1 is 1.35 bits per heavy atom. The number of halogens is 2. The Labute approximate surface area is 113 Å². The molecule has 1 heterocycles. The number of benzene rings is 1. The van der Waals surface area contributed by atoms with Crippen molar-refractivity contribution in [3.8, 4) is 0 Å². The summed E-state index contributed by atoms with van der Waals surface area (Å²) in [7, 11) is 2.17. The highest BCUT2D eigenvalue weighted by Crippen LogP contribution is 2.23. The van der Waals surface area contributed by atoms with Gasteiger partial charge >= 0.3 is 0 Å². The summed E-state index contributed by atoms with van der Waals surface area (Å²) in [5, 5.41) is 4.69. The number of likely N-dealkylation sites (N-methyl/N-ethyl adjacent to an activating group) is 1. The van der Waals surface area contributed by atoms with Crippen molar-refractivity contribution in [2.45, 2.75) is 25.4 Å². The van der Waals surface area contributed by atoms with Crippen LogP contribution in [-0.4, -0.2) is 31.1 Å². The number of hydrogen-bond donors (Lipinski definition) is 1. The lowest BCUT2D eigenvalue weighted by molar-refractivity contribution is 0.196. The molecule has 1 unspecified atom stereocenters. The first-order chi connectivity index (χ1) is 8.16. The van der Waals surface area contributed by atoms with Crippen LogP contribution in [0.15, 0.2) is 18.2 Å². The Balaban J connectivity index is 1.96. The predicted octanol–water partition coefficient (Wildman–Crippen LogP) is 3.18. The molecule has 1 fully saturated rings. The molecule has 0 spiro atoms. The maximum Gasteiger partial charge on any atom is 0.0595 e. The zero-order valence-corrected chi connectivity index (χ0v) is 11.6. The van der Waals surface area contributed by atoms with E-state index in [0.717, 1.165) is 19.6 Å². The van der Waals surface area contributed by atoms with Crippen molar-refractivity contribution < 1.29 is 0 Å². The molecular weight excluding hydrogens is 255 g/mol. The van der Waals surface area contributed by atoms with E-state index in [2.05, 4.69) is 17.3 Å². The minimum absolute atomic E-state index is 0.623. The van der Waals surface area contributed by atoms with Crippen molar-refractivity contribution >= 4 is 23.2 Å². The third kappa shape index (κ3) is 3.59. The van der Waals surface area contributed by atoms with E-state index in [4.69, 9.17) is 23.2 Å². The van der Waals surface area contributed by atoms with Gasteiger partial charge in [0.15, 0.2) is 0 Å². The molecule has 1 atom stereocenters. The minimum Gasteiger partial charge on any atom is -0.315 e. The van der Waals surface area contributed by atoms with Crippen LogP contribution in [-0.2, 0) is 6.54 Å². The van der Waals surface area contributed by atoms with E-state index in [1.165, 1.54) is 18.4 Å². The number of nitrogens with one attached hydrogen (secondary N) is 1. The minimum atomic E-state index is 0.623. The van der Waals surface area contributed by atoms with Crippen LogP contribution >= 0.6 is 23.2 Å². The van der Waals surface area contributed by atoms with Gasteiger partial charge < -0.3 is 5.32 Å². The lowest BCUT2D eigenvalue weighted by atomic mass is 10.1. The first kappa shape index (κ1) is 13.2. The van der Waals surface area contributed by atoms with Gasteiger partial charge in [-0.2, -0.15) is 0 Å². The van der Waals surface area contributed by atoms with Gasteiger partial charge in [0.1, 0.15) is 0 Å². The van der Waals surface area contributed by atoms with Crippen LogP contribution in [0.1, 0.15) is 18.4 Å². The molecule has 0 bridgehead atoms. The molecule has 2 nitrogen and oxygen atoms in total. The van der Waals surface area contributed by atoms with Crippen LogP contribution in [0.3, 0.4) is 0 Å². The molecule has 1 aromatic rings. The fourth-order valence-corrected chi connectivity index (χ4v) is 2.59. The Morgan fingerprint density at radius 2 is 2.18 bits per heavy atom. The molecule has 1 N–H and O–H groups in total. The Bertz CT molecular complexity index is 376. The fraction of sp³-hybridized carbons (Fsp3) is 0.538. The second-order valence-electron chi connectivity index (χ2n) is 4.66. The average Bonchev–Trinajstić information content (AvgIpc) is 2.35. The second-order valence-corrected chi connectivity index (χ2v) is 5.48. The third-order valence-corrected chi connectivity index (χ3v) is 4.05. The Kier molecular flexibility index (Phi) is 4.69. The van der Waals surface area contributed by atoms with Gasteiger partial charge in [-0.1, -0.05) is 29.3 Å². The maximum atomic E-state index is 6.02. The molecule has 0 saturated carbocycles. The lowest BCUT2D eigenvalue weighted by Crippen LogP contribution is -2.43. The molecule has 2 rings (SSSR count). The molecule has 94 valence electrons. The molecule has 0 radical (unpaired) electrons. The smallest absolute Gasteiger partial charge is 0.0595 e. The lowest BCUT2D eigenvalue weighted by Gasteiger charge is -2.31. The second kappa shape index (κ2) is 6.05. The van der Waals surface area contributed by atoms with Gasteiger partial charge in [0, 0.05) is 19.1 Å². The maximum absolute atomic E-state index is 6.02. The molecule has 0 aliphatic carbocycles. The van der Waals surface area contributed by atoms with Crippen LogP contribution in [0.25, 0.3) is 0 Å².